The van der Waals surface area contributed by atoms with E-state index in [0.717, 1.165) is 28.7 Å². The lowest BCUT2D eigenvalue weighted by Crippen LogP contribution is -2.35. The van der Waals surface area contributed by atoms with E-state index in [4.69, 9.17) is 14.5 Å². The Balaban J connectivity index is 1.76. The molecule has 1 aromatic carbocycles. The molecule has 238 valence electrons. The number of aromatic nitrogens is 1. The van der Waals surface area contributed by atoms with Gasteiger partial charge in [0.15, 0.2) is 5.82 Å². The van der Waals surface area contributed by atoms with E-state index in [1.807, 2.05) is 32.6 Å². The van der Waals surface area contributed by atoms with E-state index >= 15 is 8.78 Å². The smallest absolute Gasteiger partial charge is 0.412 e. The summed E-state index contributed by atoms with van der Waals surface area (Å²) in [7, 11) is 0. The molecule has 0 bridgehead atoms. The zero-order valence-electron chi connectivity index (χ0n) is 26.5. The number of amidine groups is 1. The molecule has 2 aliphatic heterocycles. The SMILES string of the molecule is CCC(C)=c1c(F)c(-c2ncc(F)c3sc(NC(=O)OC(C)(C)C)c(C#N)c23)c2c(/c1=C/N=C(C)N1CC(O)[C@H](C)C1)COC2. The van der Waals surface area contributed by atoms with Gasteiger partial charge in [0.25, 0.3) is 0 Å². The molecule has 0 radical (unpaired) electrons. The van der Waals surface area contributed by atoms with Crippen molar-refractivity contribution in [3.05, 3.63) is 45.0 Å². The molecule has 3 aromatic rings. The van der Waals surface area contributed by atoms with Crippen LogP contribution in [0.3, 0.4) is 0 Å². The van der Waals surface area contributed by atoms with Crippen LogP contribution in [0.1, 0.15) is 71.6 Å². The van der Waals surface area contributed by atoms with Crippen LogP contribution in [-0.2, 0) is 22.7 Å². The zero-order valence-corrected chi connectivity index (χ0v) is 27.3. The first-order chi connectivity index (χ1) is 21.2. The Morgan fingerprint density at radius 1 is 1.31 bits per heavy atom. The Bertz CT molecular complexity index is 1880. The van der Waals surface area contributed by atoms with E-state index in [1.54, 1.807) is 27.0 Å². The monoisotopic (exact) mass is 637 g/mol. The van der Waals surface area contributed by atoms with E-state index in [0.29, 0.717) is 41.3 Å². The largest absolute Gasteiger partial charge is 0.444 e. The average Bonchev–Trinajstić information content (AvgIpc) is 3.68. The minimum absolute atomic E-state index is 0.0365. The van der Waals surface area contributed by atoms with E-state index < -0.39 is 29.4 Å². The van der Waals surface area contributed by atoms with Crippen molar-refractivity contribution in [3.8, 4) is 17.3 Å². The Labute approximate surface area is 264 Å². The first kappa shape index (κ1) is 32.5. The zero-order chi connectivity index (χ0) is 32.8. The molecular weight excluding hydrogens is 600 g/mol. The number of hydrogen-bond donors (Lipinski definition) is 2. The molecule has 12 heteroatoms. The molecule has 1 unspecified atom stereocenters. The number of nitrogens with zero attached hydrogens (tertiary/aromatic N) is 4. The van der Waals surface area contributed by atoms with Crippen molar-refractivity contribution in [1.82, 2.24) is 9.88 Å². The lowest BCUT2D eigenvalue weighted by Gasteiger charge is -2.19. The molecule has 2 atom stereocenters. The van der Waals surface area contributed by atoms with Gasteiger partial charge >= 0.3 is 6.09 Å². The molecule has 1 amide bonds. The van der Waals surface area contributed by atoms with Crippen LogP contribution in [0.5, 0.6) is 0 Å². The quantitative estimate of drug-likeness (QED) is 0.285. The minimum Gasteiger partial charge on any atom is -0.444 e. The number of thiophene rings is 1. The van der Waals surface area contributed by atoms with Crippen molar-refractivity contribution in [1.29, 1.82) is 5.26 Å². The third-order valence-corrected chi connectivity index (χ3v) is 9.31. The highest BCUT2D eigenvalue weighted by atomic mass is 32.1. The maximum atomic E-state index is 17.0. The van der Waals surface area contributed by atoms with Gasteiger partial charge in [-0.15, -0.1) is 11.3 Å². The number of likely N-dealkylation sites (tertiary alicyclic amines) is 1. The topological polar surface area (TPSA) is 120 Å². The summed E-state index contributed by atoms with van der Waals surface area (Å²) in [4.78, 5) is 23.6. The Kier molecular flexibility index (Phi) is 8.99. The van der Waals surface area contributed by atoms with Gasteiger partial charge in [0.1, 0.15) is 28.3 Å². The molecule has 2 aromatic heterocycles. The maximum Gasteiger partial charge on any atom is 0.412 e. The summed E-state index contributed by atoms with van der Waals surface area (Å²) in [5, 5.41) is 24.1. The van der Waals surface area contributed by atoms with Crippen molar-refractivity contribution in [2.24, 2.45) is 10.9 Å². The van der Waals surface area contributed by atoms with Crippen LogP contribution in [0.4, 0.5) is 18.6 Å². The van der Waals surface area contributed by atoms with Crippen molar-refractivity contribution in [2.45, 2.75) is 79.8 Å². The summed E-state index contributed by atoms with van der Waals surface area (Å²) in [5.74, 6) is -0.445. The summed E-state index contributed by atoms with van der Waals surface area (Å²) in [6.45, 7) is 14.2. The molecule has 2 N–H and O–H groups in total. The number of hydrogen-bond acceptors (Lipinski definition) is 8. The number of anilines is 1. The number of aliphatic hydroxyl groups excluding tert-OH is 1. The highest BCUT2D eigenvalue weighted by Gasteiger charge is 2.31. The molecule has 0 spiro atoms. The third kappa shape index (κ3) is 6.17. The number of rotatable bonds is 4. The Hall–Kier alpha value is -3.92. The van der Waals surface area contributed by atoms with Crippen molar-refractivity contribution in [3.63, 3.8) is 0 Å². The second kappa shape index (κ2) is 12.5. The number of nitrogens with one attached hydrogen (secondary N) is 1. The van der Waals surface area contributed by atoms with E-state index in [2.05, 4.69) is 16.4 Å². The van der Waals surface area contributed by atoms with Crippen molar-refractivity contribution >= 4 is 50.1 Å². The van der Waals surface area contributed by atoms with Gasteiger partial charge in [-0.2, -0.15) is 5.26 Å². The van der Waals surface area contributed by atoms with Crippen molar-refractivity contribution in [2.75, 3.05) is 18.4 Å². The standard InChI is InChI=1S/C33H37F2N5O4S/c1-8-16(2)25-20(10-37-18(4)40-12-17(3)24(41)13-40)21-14-43-15-22(21)26(28(25)35)29-27-19(9-36)31(39-32(42)44-33(5,6)7)45-30(27)23(34)11-38-29/h10-11,17,24,41H,8,12-15H2,1-7H3,(H,39,42)/b20-10-,25-16?,37-18?/t17-,24?/m1/s1. The van der Waals surface area contributed by atoms with Crippen LogP contribution in [0.25, 0.3) is 33.1 Å². The number of aliphatic imine (C=N–C) groups is 1. The van der Waals surface area contributed by atoms with Gasteiger partial charge in [-0.1, -0.05) is 19.4 Å². The number of β-amino-alcohol motifs (C(OH)–C–C–N with tert-alkyl or cyclic N) is 1. The highest BCUT2D eigenvalue weighted by molar-refractivity contribution is 7.23. The molecule has 2 aliphatic rings. The molecule has 1 fully saturated rings. The van der Waals surface area contributed by atoms with Gasteiger partial charge in [0, 0.05) is 46.6 Å². The molecule has 9 nitrogen and oxygen atoms in total. The van der Waals surface area contributed by atoms with Crippen LogP contribution < -0.4 is 15.8 Å². The number of halogens is 2. The van der Waals surface area contributed by atoms with Crippen LogP contribution >= 0.6 is 11.3 Å². The number of carbonyl (C=O) groups is 1. The molecule has 0 saturated carbocycles. The molecule has 5 rings (SSSR count). The fourth-order valence-electron chi connectivity index (χ4n) is 5.71. The first-order valence-electron chi connectivity index (χ1n) is 14.8. The average molecular weight is 638 g/mol. The van der Waals surface area contributed by atoms with Crippen LogP contribution in [0.2, 0.25) is 0 Å². The fourth-order valence-corrected chi connectivity index (χ4v) is 6.75. The summed E-state index contributed by atoms with van der Waals surface area (Å²) in [5.41, 5.74) is 1.43. The molecule has 0 aliphatic carbocycles. The number of pyridine rings is 1. The summed E-state index contributed by atoms with van der Waals surface area (Å²) < 4.78 is 43.5. The number of ether oxygens (including phenoxy) is 2. The predicted octanol–water partition coefficient (Wildman–Crippen LogP) is 5.54. The first-order valence-corrected chi connectivity index (χ1v) is 15.7. The second-order valence-electron chi connectivity index (χ2n) is 12.5. The van der Waals surface area contributed by atoms with Gasteiger partial charge in [-0.05, 0) is 52.2 Å². The minimum atomic E-state index is -0.801. The van der Waals surface area contributed by atoms with E-state index in [-0.39, 0.29) is 51.0 Å². The third-order valence-electron chi connectivity index (χ3n) is 8.19. The number of fused-ring (bicyclic) bond motifs is 2. The lowest BCUT2D eigenvalue weighted by atomic mass is 9.92. The second-order valence-corrected chi connectivity index (χ2v) is 13.5. The predicted molar refractivity (Wildman–Crippen MR) is 171 cm³/mol. The van der Waals surface area contributed by atoms with Crippen molar-refractivity contribution < 1.29 is 28.2 Å². The van der Waals surface area contributed by atoms with Crippen LogP contribution in [0.15, 0.2) is 11.2 Å². The van der Waals surface area contributed by atoms with E-state index in [1.165, 1.54) is 0 Å². The van der Waals surface area contributed by atoms with E-state index in [9.17, 15) is 15.2 Å². The van der Waals surface area contributed by atoms with Gasteiger partial charge < -0.3 is 19.5 Å². The number of benzene rings is 1. The summed E-state index contributed by atoms with van der Waals surface area (Å²) in [6, 6.07) is 2.07. The summed E-state index contributed by atoms with van der Waals surface area (Å²) in [6.07, 6.45) is 1.97. The number of aliphatic hydroxyl groups is 1. The Morgan fingerprint density at radius 3 is 2.64 bits per heavy atom. The highest BCUT2D eigenvalue weighted by Crippen LogP contribution is 2.43. The normalized spacial score (nSPS) is 19.6. The number of carbonyl (C=O) groups excluding carboxylic acids is 1. The van der Waals surface area contributed by atoms with Gasteiger partial charge in [-0.3, -0.25) is 10.3 Å². The fraction of sp³-hybridized carbons (Fsp3) is 0.455. The van der Waals surface area contributed by atoms with Crippen LogP contribution in [0, 0.1) is 28.9 Å². The number of nitriles is 1. The molecule has 4 heterocycles. The Morgan fingerprint density at radius 2 is 2.02 bits per heavy atom. The number of amides is 1. The summed E-state index contributed by atoms with van der Waals surface area (Å²) >= 11 is 0.864. The van der Waals surface area contributed by atoms with Gasteiger partial charge in [0.05, 0.1) is 41.5 Å². The molecule has 1 saturated heterocycles. The lowest BCUT2D eigenvalue weighted by molar-refractivity contribution is 0.0636. The maximum absolute atomic E-state index is 17.0. The molecular formula is C33H37F2N5O4S. The van der Waals surface area contributed by atoms with Crippen LogP contribution in [-0.4, -0.2) is 51.7 Å². The van der Waals surface area contributed by atoms with Gasteiger partial charge in [0.2, 0.25) is 0 Å². The molecule has 45 heavy (non-hydrogen) atoms. The van der Waals surface area contributed by atoms with Gasteiger partial charge in [-0.25, -0.2) is 18.6 Å².